The summed E-state index contributed by atoms with van der Waals surface area (Å²) >= 11 is 5.00. The third-order valence-electron chi connectivity index (χ3n) is 5.60. The van der Waals surface area contributed by atoms with E-state index in [2.05, 4.69) is 35.0 Å². The maximum Gasteiger partial charge on any atom is 0.266 e. The van der Waals surface area contributed by atoms with Crippen LogP contribution < -0.4 is 14.2 Å². The lowest BCUT2D eigenvalue weighted by molar-refractivity contribution is -0.122. The molecule has 0 radical (unpaired) electrons. The molecule has 1 saturated heterocycles. The number of halogens is 1. The van der Waals surface area contributed by atoms with Gasteiger partial charge in [-0.15, -0.1) is 0 Å². The highest BCUT2D eigenvalue weighted by Crippen LogP contribution is 2.40. The number of methoxy groups -OCH3 is 1. The molecule has 4 rings (SSSR count). The summed E-state index contributed by atoms with van der Waals surface area (Å²) < 4.78 is 18.0. The van der Waals surface area contributed by atoms with Crippen LogP contribution in [0.4, 0.5) is 5.69 Å². The van der Waals surface area contributed by atoms with E-state index >= 15 is 0 Å². The molecule has 0 bridgehead atoms. The van der Waals surface area contributed by atoms with Gasteiger partial charge in [-0.2, -0.15) is 0 Å². The second kappa shape index (κ2) is 12.3. The number of thioether (sulfide) groups is 1. The molecule has 8 heteroatoms. The largest absolute Gasteiger partial charge is 0.497 e. The number of likely N-dealkylation sites (N-methyl/N-ethyl adjacent to an activating group) is 1. The standard InChI is InChI=1S/C29H29BrN2O4S/c1-5-32-28(33)26(37-29(32)31-22-10-12-23(34-4)13-11-22)17-21-15-24(30)27(25(16-21)35-6-2)36-18-20-9-7-8-19(3)14-20/h7-17H,5-6,18H2,1-4H3/b26-17+,31-29?. The fourth-order valence-corrected chi connectivity index (χ4v) is 5.46. The van der Waals surface area contributed by atoms with E-state index in [9.17, 15) is 4.79 Å². The summed E-state index contributed by atoms with van der Waals surface area (Å²) in [4.78, 5) is 20.1. The first-order valence-electron chi connectivity index (χ1n) is 12.0. The number of hydrogen-bond donors (Lipinski definition) is 0. The van der Waals surface area contributed by atoms with Crippen molar-refractivity contribution in [3.05, 3.63) is 86.7 Å². The van der Waals surface area contributed by atoms with Gasteiger partial charge >= 0.3 is 0 Å². The Bertz CT molecular complexity index is 1340. The summed E-state index contributed by atoms with van der Waals surface area (Å²) in [7, 11) is 1.63. The lowest BCUT2D eigenvalue weighted by Gasteiger charge is -2.15. The molecule has 3 aromatic rings. The van der Waals surface area contributed by atoms with Gasteiger partial charge in [0.15, 0.2) is 16.7 Å². The number of nitrogens with zero attached hydrogens (tertiary/aromatic N) is 2. The topological polar surface area (TPSA) is 60.4 Å². The van der Waals surface area contributed by atoms with Crippen LogP contribution >= 0.6 is 27.7 Å². The molecule has 1 amide bonds. The Balaban J connectivity index is 1.60. The van der Waals surface area contributed by atoms with Crippen LogP contribution in [-0.2, 0) is 11.4 Å². The molecular formula is C29H29BrN2O4S. The van der Waals surface area contributed by atoms with Gasteiger partial charge < -0.3 is 14.2 Å². The monoisotopic (exact) mass is 580 g/mol. The Morgan fingerprint density at radius 3 is 2.51 bits per heavy atom. The van der Waals surface area contributed by atoms with Crippen molar-refractivity contribution in [3.8, 4) is 17.2 Å². The van der Waals surface area contributed by atoms with Crippen LogP contribution in [0.1, 0.15) is 30.5 Å². The zero-order valence-electron chi connectivity index (χ0n) is 21.3. The first-order valence-corrected chi connectivity index (χ1v) is 13.6. The molecule has 0 aromatic heterocycles. The number of amides is 1. The summed E-state index contributed by atoms with van der Waals surface area (Å²) in [5.41, 5.74) is 3.85. The Hall–Kier alpha value is -3.23. The number of hydrogen-bond acceptors (Lipinski definition) is 6. The van der Waals surface area contributed by atoms with Gasteiger partial charge in [0.25, 0.3) is 5.91 Å². The number of carbonyl (C=O) groups is 1. The van der Waals surface area contributed by atoms with Gasteiger partial charge in [0, 0.05) is 6.54 Å². The number of amidine groups is 1. The number of carbonyl (C=O) groups excluding carboxylic acids is 1. The number of rotatable bonds is 9. The minimum atomic E-state index is -0.0754. The average molecular weight is 582 g/mol. The molecule has 0 aliphatic carbocycles. The summed E-state index contributed by atoms with van der Waals surface area (Å²) in [6, 6.07) is 19.5. The molecule has 192 valence electrons. The quantitative estimate of drug-likeness (QED) is 0.247. The van der Waals surface area contributed by atoms with Gasteiger partial charge in [0.2, 0.25) is 0 Å². The van der Waals surface area contributed by atoms with Crippen molar-refractivity contribution >= 4 is 50.5 Å². The molecule has 0 saturated carbocycles. The number of benzene rings is 3. The second-order valence-corrected chi connectivity index (χ2v) is 10.2. The Morgan fingerprint density at radius 1 is 1.05 bits per heavy atom. The first kappa shape index (κ1) is 26.8. The van der Waals surface area contributed by atoms with E-state index in [0.717, 1.165) is 27.0 Å². The SMILES string of the molecule is CCOc1cc(/C=C2/SC(=Nc3ccc(OC)cc3)N(CC)C2=O)cc(Br)c1OCc1cccc(C)c1. The van der Waals surface area contributed by atoms with E-state index < -0.39 is 0 Å². The average Bonchev–Trinajstić information content (AvgIpc) is 3.17. The number of ether oxygens (including phenoxy) is 3. The van der Waals surface area contributed by atoms with Gasteiger partial charge in [-0.1, -0.05) is 29.8 Å². The third kappa shape index (κ3) is 6.56. The minimum absolute atomic E-state index is 0.0754. The molecule has 0 atom stereocenters. The van der Waals surface area contributed by atoms with E-state index in [1.807, 2.05) is 68.5 Å². The fraction of sp³-hybridized carbons (Fsp3) is 0.241. The predicted octanol–water partition coefficient (Wildman–Crippen LogP) is 7.37. The van der Waals surface area contributed by atoms with Gasteiger partial charge in [-0.25, -0.2) is 4.99 Å². The zero-order chi connectivity index (χ0) is 26.4. The highest BCUT2D eigenvalue weighted by molar-refractivity contribution is 9.10. The molecule has 0 unspecified atom stereocenters. The molecule has 1 aliphatic rings. The maximum absolute atomic E-state index is 13.2. The summed E-state index contributed by atoms with van der Waals surface area (Å²) in [5, 5.41) is 0.645. The van der Waals surface area contributed by atoms with Gasteiger partial charge in [0.05, 0.1) is 28.8 Å². The summed E-state index contributed by atoms with van der Waals surface area (Å²) in [6.45, 7) is 7.37. The highest BCUT2D eigenvalue weighted by Gasteiger charge is 2.32. The lowest BCUT2D eigenvalue weighted by Crippen LogP contribution is -2.28. The third-order valence-corrected chi connectivity index (χ3v) is 7.19. The van der Waals surface area contributed by atoms with Gasteiger partial charge in [-0.3, -0.25) is 9.69 Å². The molecule has 37 heavy (non-hydrogen) atoms. The van der Waals surface area contributed by atoms with Crippen LogP contribution in [0.15, 0.2) is 75.0 Å². The Labute approximate surface area is 230 Å². The Kier molecular flexibility index (Phi) is 8.95. The number of aryl methyl sites for hydroxylation is 1. The van der Waals surface area contributed by atoms with E-state index in [1.165, 1.54) is 17.3 Å². The minimum Gasteiger partial charge on any atom is -0.497 e. The molecular weight excluding hydrogens is 552 g/mol. The molecule has 3 aromatic carbocycles. The lowest BCUT2D eigenvalue weighted by atomic mass is 10.1. The van der Waals surface area contributed by atoms with Crippen molar-refractivity contribution in [1.29, 1.82) is 0 Å². The fourth-order valence-electron chi connectivity index (χ4n) is 3.82. The van der Waals surface area contributed by atoms with Crippen LogP contribution in [0.3, 0.4) is 0 Å². The number of aliphatic imine (C=N–C) groups is 1. The van der Waals surface area contributed by atoms with Crippen molar-refractivity contribution < 1.29 is 19.0 Å². The zero-order valence-corrected chi connectivity index (χ0v) is 23.7. The maximum atomic E-state index is 13.2. The van der Waals surface area contributed by atoms with E-state index in [4.69, 9.17) is 19.2 Å². The van der Waals surface area contributed by atoms with E-state index in [1.54, 1.807) is 12.0 Å². The van der Waals surface area contributed by atoms with Crippen LogP contribution in [0.25, 0.3) is 6.08 Å². The molecule has 0 spiro atoms. The summed E-state index contributed by atoms with van der Waals surface area (Å²) in [6.07, 6.45) is 1.86. The molecule has 1 heterocycles. The van der Waals surface area contributed by atoms with Crippen molar-refractivity contribution in [2.24, 2.45) is 4.99 Å². The molecule has 1 fully saturated rings. The molecule has 6 nitrogen and oxygen atoms in total. The second-order valence-electron chi connectivity index (χ2n) is 8.29. The van der Waals surface area contributed by atoms with Crippen molar-refractivity contribution in [3.63, 3.8) is 0 Å². The first-order chi connectivity index (χ1) is 17.9. The van der Waals surface area contributed by atoms with Crippen LogP contribution in [-0.4, -0.2) is 36.2 Å². The predicted molar refractivity (Wildman–Crippen MR) is 154 cm³/mol. The van der Waals surface area contributed by atoms with Gasteiger partial charge in [-0.05, 0) is 102 Å². The van der Waals surface area contributed by atoms with Crippen LogP contribution in [0.5, 0.6) is 17.2 Å². The van der Waals surface area contributed by atoms with E-state index in [0.29, 0.717) is 41.3 Å². The van der Waals surface area contributed by atoms with Gasteiger partial charge in [0.1, 0.15) is 12.4 Å². The van der Waals surface area contributed by atoms with Crippen molar-refractivity contribution in [1.82, 2.24) is 4.90 Å². The molecule has 1 aliphatic heterocycles. The van der Waals surface area contributed by atoms with Crippen molar-refractivity contribution in [2.45, 2.75) is 27.4 Å². The van der Waals surface area contributed by atoms with Crippen LogP contribution in [0, 0.1) is 6.92 Å². The normalized spacial score (nSPS) is 15.5. The molecule has 0 N–H and O–H groups in total. The van der Waals surface area contributed by atoms with E-state index in [-0.39, 0.29) is 5.91 Å². The smallest absolute Gasteiger partial charge is 0.266 e. The summed E-state index contributed by atoms with van der Waals surface area (Å²) in [5.74, 6) is 1.93. The Morgan fingerprint density at radius 2 is 1.84 bits per heavy atom. The van der Waals surface area contributed by atoms with Crippen molar-refractivity contribution in [2.75, 3.05) is 20.3 Å². The highest BCUT2D eigenvalue weighted by atomic mass is 79.9. The van der Waals surface area contributed by atoms with Crippen LogP contribution in [0.2, 0.25) is 0 Å².